The van der Waals surface area contributed by atoms with Gasteiger partial charge in [-0.3, -0.25) is 4.79 Å². The van der Waals surface area contributed by atoms with E-state index in [4.69, 9.17) is 16.3 Å². The van der Waals surface area contributed by atoms with E-state index in [0.717, 1.165) is 5.56 Å². The maximum Gasteiger partial charge on any atom is 0.194 e. The van der Waals surface area contributed by atoms with E-state index in [1.807, 2.05) is 13.0 Å². The first kappa shape index (κ1) is 14.1. The van der Waals surface area contributed by atoms with Crippen LogP contribution in [0.1, 0.15) is 21.5 Å². The van der Waals surface area contributed by atoms with E-state index < -0.39 is 0 Å². The van der Waals surface area contributed by atoms with Crippen LogP contribution in [0.5, 0.6) is 5.75 Å². The minimum Gasteiger partial charge on any atom is -0.497 e. The summed E-state index contributed by atoms with van der Waals surface area (Å²) in [5.41, 5.74) is 2.11. The van der Waals surface area contributed by atoms with Crippen molar-refractivity contribution in [1.82, 2.24) is 0 Å². The van der Waals surface area contributed by atoms with E-state index in [1.54, 1.807) is 37.4 Å². The molecule has 4 heteroatoms. The Hall–Kier alpha value is -1.32. The Balaban J connectivity index is 2.41. The molecule has 19 heavy (non-hydrogen) atoms. The third kappa shape index (κ3) is 2.99. The first-order valence-electron chi connectivity index (χ1n) is 5.67. The second-order valence-corrected chi connectivity index (χ2v) is 5.40. The number of rotatable bonds is 3. The fourth-order valence-corrected chi connectivity index (χ4v) is 2.41. The number of hydrogen-bond acceptors (Lipinski definition) is 2. The van der Waals surface area contributed by atoms with Gasteiger partial charge in [0.05, 0.1) is 7.11 Å². The van der Waals surface area contributed by atoms with Crippen LogP contribution in [0.3, 0.4) is 0 Å². The molecule has 0 spiro atoms. The monoisotopic (exact) mass is 338 g/mol. The van der Waals surface area contributed by atoms with Crippen molar-refractivity contribution in [2.45, 2.75) is 6.92 Å². The SMILES string of the molecule is COc1ccc(C(=O)c2ccc(C)c(Cl)c2)c(Br)c1. The third-order valence-electron chi connectivity index (χ3n) is 2.85. The van der Waals surface area contributed by atoms with Crippen LogP contribution in [0.4, 0.5) is 0 Å². The lowest BCUT2D eigenvalue weighted by Crippen LogP contribution is -2.03. The number of carbonyl (C=O) groups is 1. The lowest BCUT2D eigenvalue weighted by molar-refractivity contribution is 0.103. The Labute approximate surface area is 125 Å². The van der Waals surface area contributed by atoms with Crippen LogP contribution in [-0.4, -0.2) is 12.9 Å². The molecular formula is C15H12BrClO2. The van der Waals surface area contributed by atoms with Crippen LogP contribution >= 0.6 is 27.5 Å². The van der Waals surface area contributed by atoms with Crippen LogP contribution in [-0.2, 0) is 0 Å². The number of halogens is 2. The summed E-state index contributed by atoms with van der Waals surface area (Å²) in [6, 6.07) is 10.6. The molecule has 0 aliphatic heterocycles. The highest BCUT2D eigenvalue weighted by Crippen LogP contribution is 2.26. The molecule has 0 radical (unpaired) electrons. The summed E-state index contributed by atoms with van der Waals surface area (Å²) in [7, 11) is 1.59. The van der Waals surface area contributed by atoms with Crippen LogP contribution in [0, 0.1) is 6.92 Å². The molecule has 0 aliphatic carbocycles. The summed E-state index contributed by atoms with van der Waals surface area (Å²) in [5.74, 6) is 0.627. The minimum atomic E-state index is -0.0728. The smallest absolute Gasteiger partial charge is 0.194 e. The molecule has 0 saturated heterocycles. The maximum absolute atomic E-state index is 12.4. The summed E-state index contributed by atoms with van der Waals surface area (Å²) in [6.07, 6.45) is 0. The molecule has 0 heterocycles. The predicted octanol–water partition coefficient (Wildman–Crippen LogP) is 4.65. The largest absolute Gasteiger partial charge is 0.497 e. The number of ether oxygens (including phenoxy) is 1. The average Bonchev–Trinajstić information content (AvgIpc) is 2.41. The molecule has 0 aromatic heterocycles. The Kier molecular flexibility index (Phi) is 4.27. The minimum absolute atomic E-state index is 0.0728. The van der Waals surface area contributed by atoms with E-state index in [-0.39, 0.29) is 5.78 Å². The fraction of sp³-hybridized carbons (Fsp3) is 0.133. The highest BCUT2D eigenvalue weighted by atomic mass is 79.9. The van der Waals surface area contributed by atoms with Gasteiger partial charge in [0.2, 0.25) is 0 Å². The van der Waals surface area contributed by atoms with E-state index in [9.17, 15) is 4.79 Å². The van der Waals surface area contributed by atoms with E-state index in [1.165, 1.54) is 0 Å². The Bertz CT molecular complexity index is 638. The molecule has 0 amide bonds. The molecule has 2 rings (SSSR count). The molecular weight excluding hydrogens is 328 g/mol. The topological polar surface area (TPSA) is 26.3 Å². The second-order valence-electron chi connectivity index (χ2n) is 4.14. The quantitative estimate of drug-likeness (QED) is 0.761. The van der Waals surface area contributed by atoms with E-state index in [2.05, 4.69) is 15.9 Å². The summed E-state index contributed by atoms with van der Waals surface area (Å²) in [6.45, 7) is 1.90. The van der Waals surface area contributed by atoms with Gasteiger partial charge >= 0.3 is 0 Å². The first-order chi connectivity index (χ1) is 9.02. The number of aryl methyl sites for hydroxylation is 1. The third-order valence-corrected chi connectivity index (χ3v) is 3.92. The lowest BCUT2D eigenvalue weighted by atomic mass is 10.0. The van der Waals surface area contributed by atoms with Crippen molar-refractivity contribution in [3.05, 3.63) is 62.6 Å². The van der Waals surface area contributed by atoms with Gasteiger partial charge in [-0.15, -0.1) is 0 Å². The number of carbonyl (C=O) groups excluding carboxylic acids is 1. The van der Waals surface area contributed by atoms with Gasteiger partial charge < -0.3 is 4.74 Å². The van der Waals surface area contributed by atoms with Gasteiger partial charge in [0, 0.05) is 20.6 Å². The molecule has 98 valence electrons. The molecule has 2 aromatic rings. The van der Waals surface area contributed by atoms with Gasteiger partial charge in [0.15, 0.2) is 5.78 Å². The normalized spacial score (nSPS) is 10.3. The molecule has 0 atom stereocenters. The average molecular weight is 340 g/mol. The predicted molar refractivity (Wildman–Crippen MR) is 80.3 cm³/mol. The number of benzene rings is 2. The first-order valence-corrected chi connectivity index (χ1v) is 6.84. The highest BCUT2D eigenvalue weighted by molar-refractivity contribution is 9.10. The second kappa shape index (κ2) is 5.76. The molecule has 2 nitrogen and oxygen atoms in total. The van der Waals surface area contributed by atoms with Gasteiger partial charge in [-0.05, 0) is 52.7 Å². The van der Waals surface area contributed by atoms with Gasteiger partial charge in [0.1, 0.15) is 5.75 Å². The van der Waals surface area contributed by atoms with E-state index >= 15 is 0 Å². The summed E-state index contributed by atoms with van der Waals surface area (Å²) >= 11 is 9.43. The summed E-state index contributed by atoms with van der Waals surface area (Å²) < 4.78 is 5.81. The zero-order valence-electron chi connectivity index (χ0n) is 10.5. The summed E-state index contributed by atoms with van der Waals surface area (Å²) in [4.78, 5) is 12.4. The Morgan fingerprint density at radius 2 is 1.95 bits per heavy atom. The molecule has 0 bridgehead atoms. The van der Waals surface area contributed by atoms with Crippen molar-refractivity contribution in [1.29, 1.82) is 0 Å². The van der Waals surface area contributed by atoms with Crippen LogP contribution in [0.25, 0.3) is 0 Å². The zero-order chi connectivity index (χ0) is 14.0. The van der Waals surface area contributed by atoms with Gasteiger partial charge in [-0.2, -0.15) is 0 Å². The Morgan fingerprint density at radius 3 is 2.53 bits per heavy atom. The van der Waals surface area contributed by atoms with Crippen LogP contribution in [0.2, 0.25) is 5.02 Å². The van der Waals surface area contributed by atoms with Crippen molar-refractivity contribution in [2.24, 2.45) is 0 Å². The fourth-order valence-electron chi connectivity index (χ4n) is 1.70. The van der Waals surface area contributed by atoms with E-state index in [0.29, 0.717) is 26.4 Å². The van der Waals surface area contributed by atoms with Crippen molar-refractivity contribution in [3.8, 4) is 5.75 Å². The standard InChI is InChI=1S/C15H12BrClO2/c1-9-3-4-10(7-14(9)17)15(18)12-6-5-11(19-2)8-13(12)16/h3-8H,1-2H3. The van der Waals surface area contributed by atoms with Crippen molar-refractivity contribution in [2.75, 3.05) is 7.11 Å². The van der Waals surface area contributed by atoms with Gasteiger partial charge in [0.25, 0.3) is 0 Å². The molecule has 2 aromatic carbocycles. The highest BCUT2D eigenvalue weighted by Gasteiger charge is 2.14. The molecule has 0 N–H and O–H groups in total. The Morgan fingerprint density at radius 1 is 1.21 bits per heavy atom. The van der Waals surface area contributed by atoms with Gasteiger partial charge in [-0.25, -0.2) is 0 Å². The molecule has 0 unspecified atom stereocenters. The number of hydrogen-bond donors (Lipinski definition) is 0. The molecule has 0 fully saturated rings. The number of ketones is 1. The number of methoxy groups -OCH3 is 1. The van der Waals surface area contributed by atoms with Crippen LogP contribution < -0.4 is 4.74 Å². The zero-order valence-corrected chi connectivity index (χ0v) is 12.9. The van der Waals surface area contributed by atoms with Gasteiger partial charge in [-0.1, -0.05) is 23.7 Å². The lowest BCUT2D eigenvalue weighted by Gasteiger charge is -2.07. The van der Waals surface area contributed by atoms with Crippen molar-refractivity contribution in [3.63, 3.8) is 0 Å². The summed E-state index contributed by atoms with van der Waals surface area (Å²) in [5, 5.41) is 0.593. The maximum atomic E-state index is 12.4. The molecule has 0 saturated carbocycles. The van der Waals surface area contributed by atoms with Crippen LogP contribution in [0.15, 0.2) is 40.9 Å². The van der Waals surface area contributed by atoms with Crippen molar-refractivity contribution < 1.29 is 9.53 Å². The van der Waals surface area contributed by atoms with Crippen molar-refractivity contribution >= 4 is 33.3 Å². The molecule has 0 aliphatic rings.